The van der Waals surface area contributed by atoms with Gasteiger partial charge < -0.3 is 10.1 Å². The van der Waals surface area contributed by atoms with Crippen LogP contribution in [0.3, 0.4) is 0 Å². The van der Waals surface area contributed by atoms with E-state index in [9.17, 15) is 18.0 Å². The Hall–Kier alpha value is -2.69. The molecule has 0 aliphatic carbocycles. The number of anilines is 1. The van der Waals surface area contributed by atoms with Crippen molar-refractivity contribution in [1.29, 1.82) is 0 Å². The van der Waals surface area contributed by atoms with Crippen molar-refractivity contribution >= 4 is 43.2 Å². The normalized spacial score (nSPS) is 15.7. The molecule has 1 aliphatic heterocycles. The van der Waals surface area contributed by atoms with Crippen LogP contribution in [-0.2, 0) is 10.0 Å². The number of hydrogen-bond donors (Lipinski definition) is 1. The number of benzene rings is 2. The molecule has 10 heteroatoms. The highest BCUT2D eigenvalue weighted by molar-refractivity contribution is 7.89. The first-order valence-electron chi connectivity index (χ1n) is 11.3. The van der Waals surface area contributed by atoms with Crippen molar-refractivity contribution in [3.63, 3.8) is 0 Å². The van der Waals surface area contributed by atoms with Gasteiger partial charge in [-0.25, -0.2) is 8.42 Å². The Morgan fingerprint density at radius 3 is 2.50 bits per heavy atom. The lowest BCUT2D eigenvalue weighted by molar-refractivity contribution is 0.102. The van der Waals surface area contributed by atoms with Crippen molar-refractivity contribution in [2.24, 2.45) is 5.92 Å². The summed E-state index contributed by atoms with van der Waals surface area (Å²) < 4.78 is 35.7. The van der Waals surface area contributed by atoms with Crippen LogP contribution in [0.2, 0.25) is 0 Å². The number of nitrogens with one attached hydrogen (secondary N) is 1. The molecule has 0 saturated carbocycles. The second-order valence-electron chi connectivity index (χ2n) is 8.92. The molecular weight excluding hydrogens is 474 g/mol. The first-order valence-corrected chi connectivity index (χ1v) is 13.5. The molecule has 1 N–H and O–H groups in total. The van der Waals surface area contributed by atoms with Gasteiger partial charge in [-0.05, 0) is 69.0 Å². The lowest BCUT2D eigenvalue weighted by Gasteiger charge is -2.29. The van der Waals surface area contributed by atoms with E-state index in [0.717, 1.165) is 34.4 Å². The molecule has 1 aromatic heterocycles. The van der Waals surface area contributed by atoms with Crippen LogP contribution in [0.25, 0.3) is 10.2 Å². The fourth-order valence-electron chi connectivity index (χ4n) is 4.20. The molecule has 182 valence electrons. The fourth-order valence-corrected chi connectivity index (χ4v) is 6.75. The molecule has 1 aliphatic rings. The molecular formula is C24H29N3O5S2. The van der Waals surface area contributed by atoms with Crippen LogP contribution in [0, 0.1) is 5.92 Å². The second kappa shape index (κ2) is 9.52. The number of carbonyl (C=O) groups is 1. The van der Waals surface area contributed by atoms with Crippen LogP contribution in [0.5, 0.6) is 5.75 Å². The molecule has 0 spiro atoms. The van der Waals surface area contributed by atoms with Gasteiger partial charge in [0.05, 0.1) is 27.8 Å². The second-order valence-corrected chi connectivity index (χ2v) is 11.8. The quantitative estimate of drug-likeness (QED) is 0.540. The molecule has 0 radical (unpaired) electrons. The lowest BCUT2D eigenvalue weighted by Crippen LogP contribution is -2.37. The molecule has 0 bridgehead atoms. The molecule has 3 aromatic rings. The maximum atomic E-state index is 13.2. The molecule has 0 atom stereocenters. The number of hydrogen-bond acceptors (Lipinski definition) is 6. The van der Waals surface area contributed by atoms with Crippen molar-refractivity contribution in [1.82, 2.24) is 8.87 Å². The number of fused-ring (bicyclic) bond motifs is 1. The number of rotatable bonds is 6. The van der Waals surface area contributed by atoms with Gasteiger partial charge in [0.2, 0.25) is 10.0 Å². The molecule has 4 rings (SSSR count). The standard InChI is InChI=1S/C24H29N3O5S2/c1-15(2)27-20-7-5-17(13-22(20)33-24(27)29)25-23(28)19-14-18(6-8-21(19)32-4)34(30,31)26-11-9-16(3)10-12-26/h5-8,13-16H,9-12H2,1-4H3,(H,25,28). The fraction of sp³-hybridized carbons (Fsp3) is 0.417. The topological polar surface area (TPSA) is 97.7 Å². The third-order valence-electron chi connectivity index (χ3n) is 6.18. The highest BCUT2D eigenvalue weighted by Crippen LogP contribution is 2.29. The summed E-state index contributed by atoms with van der Waals surface area (Å²) in [7, 11) is -2.28. The molecule has 2 aromatic carbocycles. The van der Waals surface area contributed by atoms with Gasteiger partial charge in [-0.2, -0.15) is 4.31 Å². The van der Waals surface area contributed by atoms with E-state index in [4.69, 9.17) is 4.74 Å². The largest absolute Gasteiger partial charge is 0.496 e. The molecule has 0 unspecified atom stereocenters. The molecule has 1 saturated heterocycles. The van der Waals surface area contributed by atoms with Crippen molar-refractivity contribution in [2.45, 2.75) is 44.6 Å². The van der Waals surface area contributed by atoms with Gasteiger partial charge in [-0.1, -0.05) is 18.3 Å². The van der Waals surface area contributed by atoms with E-state index in [1.165, 1.54) is 29.6 Å². The maximum Gasteiger partial charge on any atom is 0.308 e. The summed E-state index contributed by atoms with van der Waals surface area (Å²) in [6.45, 7) is 6.95. The zero-order chi connectivity index (χ0) is 24.6. The van der Waals surface area contributed by atoms with Crippen molar-refractivity contribution in [3.8, 4) is 5.75 Å². The van der Waals surface area contributed by atoms with Crippen molar-refractivity contribution in [2.75, 3.05) is 25.5 Å². The number of thiazole rings is 1. The monoisotopic (exact) mass is 503 g/mol. The predicted octanol–water partition coefficient (Wildman–Crippen LogP) is 4.33. The van der Waals surface area contributed by atoms with Crippen molar-refractivity contribution in [3.05, 3.63) is 51.6 Å². The van der Waals surface area contributed by atoms with Gasteiger partial charge >= 0.3 is 4.87 Å². The smallest absolute Gasteiger partial charge is 0.308 e. The molecule has 1 amide bonds. The third kappa shape index (κ3) is 4.62. The van der Waals surface area contributed by atoms with Crippen LogP contribution >= 0.6 is 11.3 Å². The highest BCUT2D eigenvalue weighted by Gasteiger charge is 2.29. The number of piperidine rings is 1. The first kappa shape index (κ1) is 24.4. The summed E-state index contributed by atoms with van der Waals surface area (Å²) in [5.74, 6) is 0.286. The minimum absolute atomic E-state index is 0.0266. The lowest BCUT2D eigenvalue weighted by atomic mass is 10.0. The number of ether oxygens (including phenoxy) is 1. The van der Waals surface area contributed by atoms with Crippen molar-refractivity contribution < 1.29 is 17.9 Å². The van der Waals surface area contributed by atoms with E-state index in [1.54, 1.807) is 22.8 Å². The summed E-state index contributed by atoms with van der Waals surface area (Å²) in [5, 5.41) is 2.82. The average molecular weight is 504 g/mol. The summed E-state index contributed by atoms with van der Waals surface area (Å²) in [6.07, 6.45) is 1.63. The number of amides is 1. The molecule has 1 fully saturated rings. The summed E-state index contributed by atoms with van der Waals surface area (Å²) in [4.78, 5) is 25.5. The number of nitrogens with zero attached hydrogens (tertiary/aromatic N) is 2. The third-order valence-corrected chi connectivity index (χ3v) is 9.00. The SMILES string of the molecule is COc1ccc(S(=O)(=O)N2CCC(C)CC2)cc1C(=O)Nc1ccc2c(c1)sc(=O)n2C(C)C. The zero-order valence-corrected chi connectivity index (χ0v) is 21.3. The molecule has 8 nitrogen and oxygen atoms in total. The van der Waals surface area contributed by atoms with Crippen LogP contribution < -0.4 is 14.9 Å². The van der Waals surface area contributed by atoms with Gasteiger partial charge in [-0.15, -0.1) is 0 Å². The van der Waals surface area contributed by atoms with Gasteiger partial charge in [0.15, 0.2) is 0 Å². The molecule has 2 heterocycles. The van der Waals surface area contributed by atoms with Crippen LogP contribution in [0.4, 0.5) is 5.69 Å². The summed E-state index contributed by atoms with van der Waals surface area (Å²) in [5.41, 5.74) is 1.45. The Balaban J connectivity index is 1.63. The Kier molecular flexibility index (Phi) is 6.84. The van der Waals surface area contributed by atoms with E-state index in [2.05, 4.69) is 12.2 Å². The van der Waals surface area contributed by atoms with E-state index >= 15 is 0 Å². The van der Waals surface area contributed by atoms with Gasteiger partial charge in [0.1, 0.15) is 5.75 Å². The predicted molar refractivity (Wildman–Crippen MR) is 135 cm³/mol. The van der Waals surface area contributed by atoms with Gasteiger partial charge in [0.25, 0.3) is 5.91 Å². The Morgan fingerprint density at radius 2 is 1.85 bits per heavy atom. The Morgan fingerprint density at radius 1 is 1.15 bits per heavy atom. The van der Waals surface area contributed by atoms with E-state index < -0.39 is 15.9 Å². The van der Waals surface area contributed by atoms with Gasteiger partial charge in [0, 0.05) is 24.8 Å². The summed E-state index contributed by atoms with van der Waals surface area (Å²) in [6, 6.07) is 9.66. The van der Waals surface area contributed by atoms with Gasteiger partial charge in [-0.3, -0.25) is 14.2 Å². The highest BCUT2D eigenvalue weighted by atomic mass is 32.2. The van der Waals surface area contributed by atoms with E-state index in [1.807, 2.05) is 13.8 Å². The Labute approximate surface area is 203 Å². The molecule has 34 heavy (non-hydrogen) atoms. The summed E-state index contributed by atoms with van der Waals surface area (Å²) >= 11 is 1.12. The number of methoxy groups -OCH3 is 1. The average Bonchev–Trinajstić information content (AvgIpc) is 3.14. The zero-order valence-electron chi connectivity index (χ0n) is 19.7. The number of aromatic nitrogens is 1. The van der Waals surface area contributed by atoms with Crippen LogP contribution in [0.15, 0.2) is 46.1 Å². The minimum Gasteiger partial charge on any atom is -0.496 e. The first-order chi connectivity index (χ1) is 16.1. The van der Waals surface area contributed by atoms with E-state index in [0.29, 0.717) is 24.7 Å². The van der Waals surface area contributed by atoms with Crippen LogP contribution in [0.1, 0.15) is 50.0 Å². The van der Waals surface area contributed by atoms with E-state index in [-0.39, 0.29) is 27.1 Å². The maximum absolute atomic E-state index is 13.2. The number of carbonyl (C=O) groups excluding carboxylic acids is 1. The van der Waals surface area contributed by atoms with Crippen LogP contribution in [-0.4, -0.2) is 43.4 Å². The number of sulfonamides is 1. The minimum atomic E-state index is -3.72. The Bertz CT molecular complexity index is 1380.